The Balaban J connectivity index is 2.62. The number of rotatable bonds is 3. The van der Waals surface area contributed by atoms with Gasteiger partial charge in [0.2, 0.25) is 0 Å². The molecule has 2 aromatic rings. The van der Waals surface area contributed by atoms with Gasteiger partial charge in [-0.2, -0.15) is 0 Å². The number of aromatic nitrogens is 1. The molecule has 19 heavy (non-hydrogen) atoms. The molecule has 0 spiro atoms. The maximum absolute atomic E-state index is 13.7. The van der Waals surface area contributed by atoms with Gasteiger partial charge in [-0.05, 0) is 12.1 Å². The van der Waals surface area contributed by atoms with E-state index in [2.05, 4.69) is 0 Å². The van der Waals surface area contributed by atoms with Crippen LogP contribution in [-0.4, -0.2) is 15.6 Å². The smallest absolute Gasteiger partial charge is 0.331 e. The maximum atomic E-state index is 13.7. The molecule has 0 saturated carbocycles. The number of hydrogen-bond donors (Lipinski definition) is 1. The second kappa shape index (κ2) is 5.01. The van der Waals surface area contributed by atoms with Crippen LogP contribution < -0.4 is 5.56 Å². The van der Waals surface area contributed by atoms with Crippen molar-refractivity contribution in [3.8, 4) is 0 Å². The third-order valence-corrected chi connectivity index (χ3v) is 2.62. The van der Waals surface area contributed by atoms with Crippen molar-refractivity contribution in [2.45, 2.75) is 6.04 Å². The summed E-state index contributed by atoms with van der Waals surface area (Å²) in [6.07, 6.45) is 1.24. The highest BCUT2D eigenvalue weighted by molar-refractivity contribution is 5.76. The van der Waals surface area contributed by atoms with Crippen LogP contribution in [0, 0.1) is 11.6 Å². The van der Waals surface area contributed by atoms with Crippen molar-refractivity contribution in [2.24, 2.45) is 0 Å². The maximum Gasteiger partial charge on any atom is 0.331 e. The Labute approximate surface area is 106 Å². The fourth-order valence-electron chi connectivity index (χ4n) is 1.78. The summed E-state index contributed by atoms with van der Waals surface area (Å²) in [5.74, 6) is -3.23. The van der Waals surface area contributed by atoms with Gasteiger partial charge < -0.3 is 5.11 Å². The number of halogens is 2. The number of pyridine rings is 1. The predicted molar refractivity (Wildman–Crippen MR) is 62.8 cm³/mol. The van der Waals surface area contributed by atoms with Gasteiger partial charge >= 0.3 is 5.97 Å². The minimum absolute atomic E-state index is 0.276. The minimum atomic E-state index is -1.53. The molecule has 0 saturated heterocycles. The van der Waals surface area contributed by atoms with Gasteiger partial charge in [0.15, 0.2) is 6.04 Å². The number of benzene rings is 1. The Hall–Kier alpha value is -2.50. The number of carboxylic acid groups (broad SMARTS) is 1. The summed E-state index contributed by atoms with van der Waals surface area (Å²) >= 11 is 0. The molecular weight excluding hydrogens is 256 g/mol. The number of carboxylic acids is 1. The zero-order valence-corrected chi connectivity index (χ0v) is 9.59. The molecule has 1 atom stereocenters. The highest BCUT2D eigenvalue weighted by atomic mass is 19.1. The number of carbonyl (C=O) groups is 1. The molecule has 4 nitrogen and oxygen atoms in total. The summed E-state index contributed by atoms with van der Waals surface area (Å²) in [7, 11) is 0. The highest BCUT2D eigenvalue weighted by Crippen LogP contribution is 2.21. The predicted octanol–water partition coefficient (Wildman–Crippen LogP) is 1.80. The van der Waals surface area contributed by atoms with E-state index >= 15 is 0 Å². The largest absolute Gasteiger partial charge is 0.479 e. The van der Waals surface area contributed by atoms with Gasteiger partial charge in [-0.1, -0.05) is 12.1 Å². The van der Waals surface area contributed by atoms with E-state index < -0.39 is 29.2 Å². The lowest BCUT2D eigenvalue weighted by molar-refractivity contribution is -0.139. The molecule has 2 rings (SSSR count). The lowest BCUT2D eigenvalue weighted by atomic mass is 10.1. The molecule has 0 amide bonds. The zero-order valence-electron chi connectivity index (χ0n) is 9.59. The van der Waals surface area contributed by atoms with E-state index in [1.54, 1.807) is 0 Å². The lowest BCUT2D eigenvalue weighted by Gasteiger charge is -2.16. The monoisotopic (exact) mass is 265 g/mol. The molecular formula is C13H9F2NO3. The first kappa shape index (κ1) is 12.9. The van der Waals surface area contributed by atoms with Gasteiger partial charge in [-0.15, -0.1) is 0 Å². The van der Waals surface area contributed by atoms with Gasteiger partial charge in [0.05, 0.1) is 0 Å². The Morgan fingerprint density at radius 2 is 1.95 bits per heavy atom. The second-order valence-electron chi connectivity index (χ2n) is 3.85. The van der Waals surface area contributed by atoms with Crippen LogP contribution in [0.15, 0.2) is 47.4 Å². The van der Waals surface area contributed by atoms with Crippen LogP contribution in [0.4, 0.5) is 8.78 Å². The van der Waals surface area contributed by atoms with Crippen molar-refractivity contribution in [3.05, 3.63) is 70.1 Å². The van der Waals surface area contributed by atoms with E-state index in [-0.39, 0.29) is 5.56 Å². The average molecular weight is 265 g/mol. The van der Waals surface area contributed by atoms with Crippen molar-refractivity contribution in [1.82, 2.24) is 4.57 Å². The first-order valence-electron chi connectivity index (χ1n) is 5.35. The highest BCUT2D eigenvalue weighted by Gasteiger charge is 2.25. The third-order valence-electron chi connectivity index (χ3n) is 2.62. The fourth-order valence-corrected chi connectivity index (χ4v) is 1.78. The molecule has 0 radical (unpaired) electrons. The molecule has 1 unspecified atom stereocenters. The van der Waals surface area contributed by atoms with Crippen molar-refractivity contribution in [1.29, 1.82) is 0 Å². The van der Waals surface area contributed by atoms with Crippen molar-refractivity contribution < 1.29 is 18.7 Å². The quantitative estimate of drug-likeness (QED) is 0.920. The van der Waals surface area contributed by atoms with Gasteiger partial charge in [0.25, 0.3) is 5.56 Å². The number of aliphatic carboxylic acids is 1. The molecule has 1 N–H and O–H groups in total. The Morgan fingerprint density at radius 3 is 2.53 bits per heavy atom. The minimum Gasteiger partial charge on any atom is -0.479 e. The molecule has 98 valence electrons. The molecule has 6 heteroatoms. The third kappa shape index (κ3) is 2.52. The Morgan fingerprint density at radius 1 is 1.21 bits per heavy atom. The molecule has 0 aliphatic rings. The SMILES string of the molecule is O=C(O)C(c1ccc(F)cc1F)n1ccccc1=O. The van der Waals surface area contributed by atoms with Crippen LogP contribution in [0.5, 0.6) is 0 Å². The van der Waals surface area contributed by atoms with E-state index in [0.29, 0.717) is 6.07 Å². The second-order valence-corrected chi connectivity index (χ2v) is 3.85. The topological polar surface area (TPSA) is 59.3 Å². The van der Waals surface area contributed by atoms with Crippen LogP contribution >= 0.6 is 0 Å². The summed E-state index contributed by atoms with van der Waals surface area (Å²) in [6.45, 7) is 0. The summed E-state index contributed by atoms with van der Waals surface area (Å²) in [5.41, 5.74) is -0.860. The molecule has 1 aromatic carbocycles. The zero-order chi connectivity index (χ0) is 14.0. The molecule has 0 aliphatic carbocycles. The van der Waals surface area contributed by atoms with Gasteiger partial charge in [-0.3, -0.25) is 9.36 Å². The first-order valence-corrected chi connectivity index (χ1v) is 5.35. The van der Waals surface area contributed by atoms with Crippen molar-refractivity contribution >= 4 is 5.97 Å². The van der Waals surface area contributed by atoms with Crippen LogP contribution in [0.2, 0.25) is 0 Å². The van der Waals surface area contributed by atoms with Gasteiger partial charge in [0.1, 0.15) is 11.6 Å². The molecule has 0 aliphatic heterocycles. The van der Waals surface area contributed by atoms with Gasteiger partial charge in [-0.25, -0.2) is 13.6 Å². The molecule has 1 aromatic heterocycles. The Bertz CT molecular complexity index is 682. The van der Waals surface area contributed by atoms with Crippen LogP contribution in [0.1, 0.15) is 11.6 Å². The average Bonchev–Trinajstić information content (AvgIpc) is 2.34. The van der Waals surface area contributed by atoms with Crippen LogP contribution in [0.25, 0.3) is 0 Å². The Kier molecular flexibility index (Phi) is 3.41. The lowest BCUT2D eigenvalue weighted by Crippen LogP contribution is -2.30. The summed E-state index contributed by atoms with van der Waals surface area (Å²) < 4.78 is 27.4. The standard InChI is InChI=1S/C13H9F2NO3/c14-8-4-5-9(10(15)7-8)12(13(18)19)16-6-2-1-3-11(16)17/h1-7,12H,(H,18,19). The first-order chi connectivity index (χ1) is 9.00. The molecule has 1 heterocycles. The van der Waals surface area contributed by atoms with Crippen molar-refractivity contribution in [3.63, 3.8) is 0 Å². The van der Waals surface area contributed by atoms with Crippen molar-refractivity contribution in [2.75, 3.05) is 0 Å². The van der Waals surface area contributed by atoms with Crippen LogP contribution in [-0.2, 0) is 4.79 Å². The van der Waals surface area contributed by atoms with Crippen LogP contribution in [0.3, 0.4) is 0 Å². The summed E-state index contributed by atoms with van der Waals surface area (Å²) in [5, 5.41) is 9.18. The van der Waals surface area contributed by atoms with E-state index in [9.17, 15) is 23.5 Å². The number of hydrogen-bond acceptors (Lipinski definition) is 2. The van der Waals surface area contributed by atoms with Gasteiger partial charge in [0, 0.05) is 23.9 Å². The molecule has 0 fully saturated rings. The number of nitrogens with zero attached hydrogens (tertiary/aromatic N) is 1. The molecule has 0 bridgehead atoms. The van der Waals surface area contributed by atoms with E-state index in [0.717, 1.165) is 22.8 Å². The summed E-state index contributed by atoms with van der Waals surface area (Å²) in [4.78, 5) is 22.9. The fraction of sp³-hybridized carbons (Fsp3) is 0.0769. The van der Waals surface area contributed by atoms with E-state index in [1.165, 1.54) is 18.3 Å². The van der Waals surface area contributed by atoms with E-state index in [4.69, 9.17) is 0 Å². The summed E-state index contributed by atoms with van der Waals surface area (Å²) in [6, 6.07) is 5.08. The normalized spacial score (nSPS) is 12.1. The van der Waals surface area contributed by atoms with E-state index in [1.807, 2.05) is 0 Å².